The zero-order chi connectivity index (χ0) is 18.4. The Bertz CT molecular complexity index is 860. The molecule has 0 bridgehead atoms. The average molecular weight is 351 g/mol. The fourth-order valence-electron chi connectivity index (χ4n) is 2.61. The molecule has 3 rings (SSSR count). The Balaban J connectivity index is 1.59. The number of hydrogen-bond donors (Lipinski definition) is 1. The fourth-order valence-corrected chi connectivity index (χ4v) is 2.61. The van der Waals surface area contributed by atoms with Crippen LogP contribution in [-0.4, -0.2) is 32.7 Å². The second-order valence-corrected chi connectivity index (χ2v) is 5.88. The first-order chi connectivity index (χ1) is 12.7. The number of benzene rings is 2. The average Bonchev–Trinajstić information content (AvgIpc) is 3.17. The summed E-state index contributed by atoms with van der Waals surface area (Å²) in [6, 6.07) is 13.5. The molecule has 1 amide bonds. The number of anilines is 1. The highest BCUT2D eigenvalue weighted by molar-refractivity contribution is 5.91. The Morgan fingerprint density at radius 2 is 2.00 bits per heavy atom. The van der Waals surface area contributed by atoms with E-state index in [-0.39, 0.29) is 5.91 Å². The second-order valence-electron chi connectivity index (χ2n) is 5.88. The van der Waals surface area contributed by atoms with Crippen molar-refractivity contribution in [2.45, 2.75) is 26.7 Å². The molecule has 0 fully saturated rings. The summed E-state index contributed by atoms with van der Waals surface area (Å²) >= 11 is 0. The largest absolute Gasteiger partial charge is 0.494 e. The van der Waals surface area contributed by atoms with E-state index in [0.717, 1.165) is 28.3 Å². The first kappa shape index (κ1) is 17.6. The Hall–Kier alpha value is -3.22. The van der Waals surface area contributed by atoms with Crippen LogP contribution in [-0.2, 0) is 11.2 Å². The van der Waals surface area contributed by atoms with Crippen molar-refractivity contribution in [1.82, 2.24) is 20.2 Å². The highest BCUT2D eigenvalue weighted by Crippen LogP contribution is 2.19. The fraction of sp³-hybridized carbons (Fsp3) is 0.263. The van der Waals surface area contributed by atoms with Gasteiger partial charge >= 0.3 is 0 Å². The summed E-state index contributed by atoms with van der Waals surface area (Å²) in [7, 11) is 0. The van der Waals surface area contributed by atoms with Crippen molar-refractivity contribution in [2.75, 3.05) is 11.9 Å². The SMILES string of the molecule is CCOc1ccc(CCC(=O)Nc2ccc(C)c(-n3cnnn3)c2)cc1. The highest BCUT2D eigenvalue weighted by atomic mass is 16.5. The number of aryl methyl sites for hydroxylation is 2. The highest BCUT2D eigenvalue weighted by Gasteiger charge is 2.08. The normalized spacial score (nSPS) is 10.5. The van der Waals surface area contributed by atoms with Gasteiger partial charge in [0, 0.05) is 12.1 Å². The lowest BCUT2D eigenvalue weighted by molar-refractivity contribution is -0.116. The van der Waals surface area contributed by atoms with Crippen LogP contribution in [0, 0.1) is 6.92 Å². The molecule has 0 saturated heterocycles. The molecular weight excluding hydrogens is 330 g/mol. The van der Waals surface area contributed by atoms with Gasteiger partial charge in [-0.1, -0.05) is 18.2 Å². The minimum atomic E-state index is -0.0367. The van der Waals surface area contributed by atoms with Gasteiger partial charge in [0.1, 0.15) is 12.1 Å². The molecule has 134 valence electrons. The number of nitrogens with one attached hydrogen (secondary N) is 1. The summed E-state index contributed by atoms with van der Waals surface area (Å²) in [5, 5.41) is 14.1. The van der Waals surface area contributed by atoms with E-state index in [4.69, 9.17) is 4.74 Å². The van der Waals surface area contributed by atoms with E-state index < -0.39 is 0 Å². The van der Waals surface area contributed by atoms with E-state index in [1.807, 2.05) is 56.3 Å². The zero-order valence-corrected chi connectivity index (χ0v) is 14.8. The van der Waals surface area contributed by atoms with E-state index in [1.165, 1.54) is 6.33 Å². The first-order valence-electron chi connectivity index (χ1n) is 8.51. The lowest BCUT2D eigenvalue weighted by atomic mass is 10.1. The summed E-state index contributed by atoms with van der Waals surface area (Å²) in [6.07, 6.45) is 2.60. The standard InChI is InChI=1S/C19H21N5O2/c1-3-26-17-9-5-15(6-10-17)7-11-19(25)21-16-8-4-14(2)18(12-16)24-13-20-22-23-24/h4-6,8-10,12-13H,3,7,11H2,1-2H3,(H,21,25). The van der Waals surface area contributed by atoms with Gasteiger partial charge in [-0.05, 0) is 66.1 Å². The number of rotatable bonds is 7. The van der Waals surface area contributed by atoms with Crippen molar-refractivity contribution in [3.8, 4) is 11.4 Å². The summed E-state index contributed by atoms with van der Waals surface area (Å²) in [5.74, 6) is 0.806. The summed E-state index contributed by atoms with van der Waals surface area (Å²) in [5.41, 5.74) is 3.67. The third-order valence-electron chi connectivity index (χ3n) is 3.96. The van der Waals surface area contributed by atoms with Gasteiger partial charge in [0.2, 0.25) is 5.91 Å². The van der Waals surface area contributed by atoms with Crippen molar-refractivity contribution >= 4 is 11.6 Å². The summed E-state index contributed by atoms with van der Waals surface area (Å²) in [4.78, 5) is 12.3. The van der Waals surface area contributed by atoms with E-state index in [9.17, 15) is 4.79 Å². The molecular formula is C19H21N5O2. The van der Waals surface area contributed by atoms with Crippen LogP contribution in [0.5, 0.6) is 5.75 Å². The number of amides is 1. The first-order valence-corrected chi connectivity index (χ1v) is 8.51. The quantitative estimate of drug-likeness (QED) is 0.708. The second kappa shape index (κ2) is 8.24. The van der Waals surface area contributed by atoms with E-state index >= 15 is 0 Å². The minimum Gasteiger partial charge on any atom is -0.494 e. The molecule has 0 aliphatic heterocycles. The van der Waals surface area contributed by atoms with Crippen molar-refractivity contribution in [3.05, 3.63) is 59.9 Å². The van der Waals surface area contributed by atoms with Crippen molar-refractivity contribution in [2.24, 2.45) is 0 Å². The Kier molecular flexibility index (Phi) is 5.58. The number of nitrogens with zero attached hydrogens (tertiary/aromatic N) is 4. The van der Waals surface area contributed by atoms with Gasteiger partial charge in [-0.25, -0.2) is 4.68 Å². The van der Waals surface area contributed by atoms with Crippen LogP contribution < -0.4 is 10.1 Å². The third kappa shape index (κ3) is 4.44. The van der Waals surface area contributed by atoms with Gasteiger partial charge in [-0.3, -0.25) is 4.79 Å². The van der Waals surface area contributed by atoms with Crippen molar-refractivity contribution in [1.29, 1.82) is 0 Å². The molecule has 26 heavy (non-hydrogen) atoms. The molecule has 3 aromatic rings. The number of carbonyl (C=O) groups excluding carboxylic acids is 1. The lowest BCUT2D eigenvalue weighted by Gasteiger charge is -2.10. The smallest absolute Gasteiger partial charge is 0.224 e. The van der Waals surface area contributed by atoms with E-state index in [0.29, 0.717) is 19.4 Å². The molecule has 0 aliphatic carbocycles. The molecule has 0 atom stereocenters. The van der Waals surface area contributed by atoms with Crippen LogP contribution in [0.4, 0.5) is 5.69 Å². The molecule has 0 unspecified atom stereocenters. The number of aromatic nitrogens is 4. The molecule has 1 aromatic heterocycles. The lowest BCUT2D eigenvalue weighted by Crippen LogP contribution is -2.13. The Morgan fingerprint density at radius 1 is 1.19 bits per heavy atom. The van der Waals surface area contributed by atoms with Crippen LogP contribution in [0.1, 0.15) is 24.5 Å². The van der Waals surface area contributed by atoms with Gasteiger partial charge in [0.25, 0.3) is 0 Å². The molecule has 0 saturated carbocycles. The third-order valence-corrected chi connectivity index (χ3v) is 3.96. The number of tetrazole rings is 1. The molecule has 7 nitrogen and oxygen atoms in total. The molecule has 1 N–H and O–H groups in total. The number of ether oxygens (including phenoxy) is 1. The molecule has 1 heterocycles. The molecule has 0 spiro atoms. The summed E-state index contributed by atoms with van der Waals surface area (Å²) in [6.45, 7) is 4.56. The topological polar surface area (TPSA) is 81.9 Å². The number of carbonyl (C=O) groups is 1. The van der Waals surface area contributed by atoms with Crippen LogP contribution in [0.3, 0.4) is 0 Å². The maximum absolute atomic E-state index is 12.3. The monoisotopic (exact) mass is 351 g/mol. The molecule has 7 heteroatoms. The van der Waals surface area contributed by atoms with Crippen molar-refractivity contribution < 1.29 is 9.53 Å². The van der Waals surface area contributed by atoms with Crippen LogP contribution in [0.2, 0.25) is 0 Å². The van der Waals surface area contributed by atoms with Gasteiger partial charge in [0.05, 0.1) is 12.3 Å². The molecule has 0 radical (unpaired) electrons. The van der Waals surface area contributed by atoms with E-state index in [2.05, 4.69) is 20.8 Å². The zero-order valence-electron chi connectivity index (χ0n) is 14.8. The Labute approximate surface area is 152 Å². The van der Waals surface area contributed by atoms with Gasteiger partial charge in [-0.2, -0.15) is 0 Å². The molecule has 2 aromatic carbocycles. The Morgan fingerprint density at radius 3 is 2.69 bits per heavy atom. The molecule has 0 aliphatic rings. The number of hydrogen-bond acceptors (Lipinski definition) is 5. The maximum Gasteiger partial charge on any atom is 0.224 e. The predicted molar refractivity (Wildman–Crippen MR) is 98.5 cm³/mol. The van der Waals surface area contributed by atoms with E-state index in [1.54, 1.807) is 4.68 Å². The van der Waals surface area contributed by atoms with Crippen LogP contribution in [0.25, 0.3) is 5.69 Å². The maximum atomic E-state index is 12.3. The van der Waals surface area contributed by atoms with Gasteiger partial charge in [0.15, 0.2) is 0 Å². The van der Waals surface area contributed by atoms with Crippen LogP contribution in [0.15, 0.2) is 48.8 Å². The van der Waals surface area contributed by atoms with Crippen molar-refractivity contribution in [3.63, 3.8) is 0 Å². The van der Waals surface area contributed by atoms with Gasteiger partial charge < -0.3 is 10.1 Å². The van der Waals surface area contributed by atoms with Gasteiger partial charge in [-0.15, -0.1) is 5.10 Å². The minimum absolute atomic E-state index is 0.0367. The predicted octanol–water partition coefficient (Wildman–Crippen LogP) is 2.94. The summed E-state index contributed by atoms with van der Waals surface area (Å²) < 4.78 is 7.00. The van der Waals surface area contributed by atoms with Crippen LogP contribution >= 0.6 is 0 Å².